The largest absolute Gasteiger partial charge is 0.497 e. The van der Waals surface area contributed by atoms with Gasteiger partial charge in [0.25, 0.3) is 0 Å². The molecule has 144 valence electrons. The number of carbonyl (C=O) groups is 1. The van der Waals surface area contributed by atoms with Gasteiger partial charge < -0.3 is 9.47 Å². The van der Waals surface area contributed by atoms with Crippen molar-refractivity contribution in [3.05, 3.63) is 59.7 Å². The van der Waals surface area contributed by atoms with Crippen LogP contribution in [0.2, 0.25) is 0 Å². The summed E-state index contributed by atoms with van der Waals surface area (Å²) in [5.41, 5.74) is 1.41. The van der Waals surface area contributed by atoms with E-state index in [0.717, 1.165) is 16.9 Å². The monoisotopic (exact) mass is 387 g/mol. The Morgan fingerprint density at radius 1 is 1.04 bits per heavy atom. The molecule has 0 radical (unpaired) electrons. The third kappa shape index (κ3) is 4.39. The first-order valence-electron chi connectivity index (χ1n) is 8.85. The third-order valence-corrected chi connectivity index (χ3v) is 5.79. The average Bonchev–Trinajstić information content (AvgIpc) is 3.36. The molecule has 0 N–H and O–H groups in total. The molecule has 1 saturated heterocycles. The molecular weight excluding hydrogens is 362 g/mol. The van der Waals surface area contributed by atoms with Gasteiger partial charge in [-0.1, -0.05) is 29.8 Å². The molecule has 5 nitrogen and oxygen atoms in total. The fraction of sp³-hybridized carbons (Fsp3) is 0.381. The van der Waals surface area contributed by atoms with Crippen molar-refractivity contribution in [2.45, 2.75) is 50.3 Å². The van der Waals surface area contributed by atoms with Gasteiger partial charge in [0.2, 0.25) is 0 Å². The predicted octanol–water partition coefficient (Wildman–Crippen LogP) is 3.79. The van der Waals surface area contributed by atoms with E-state index in [2.05, 4.69) is 0 Å². The Kier molecular flexibility index (Phi) is 5.40. The molecule has 27 heavy (non-hydrogen) atoms. The van der Waals surface area contributed by atoms with Crippen LogP contribution in [0, 0.1) is 6.92 Å². The van der Waals surface area contributed by atoms with E-state index in [4.69, 9.17) is 9.47 Å². The number of hydrogen-bond acceptors (Lipinski definition) is 4. The Labute approximate surface area is 162 Å². The summed E-state index contributed by atoms with van der Waals surface area (Å²) in [5, 5.41) is 0. The maximum Gasteiger partial charge on any atom is 0.326 e. The third-order valence-electron chi connectivity index (χ3n) is 4.28. The van der Waals surface area contributed by atoms with Crippen molar-refractivity contribution in [1.82, 2.24) is 4.31 Å². The van der Waals surface area contributed by atoms with Gasteiger partial charge in [-0.25, -0.2) is 4.21 Å². The van der Waals surface area contributed by atoms with Gasteiger partial charge in [-0.05, 0) is 57.5 Å². The Bertz CT molecular complexity index is 840. The summed E-state index contributed by atoms with van der Waals surface area (Å²) in [6, 6.07) is 14.1. The van der Waals surface area contributed by atoms with Gasteiger partial charge >= 0.3 is 5.97 Å². The van der Waals surface area contributed by atoms with E-state index in [1.54, 1.807) is 11.4 Å². The van der Waals surface area contributed by atoms with E-state index >= 15 is 0 Å². The van der Waals surface area contributed by atoms with Gasteiger partial charge in [-0.2, -0.15) is 4.31 Å². The van der Waals surface area contributed by atoms with Gasteiger partial charge in [0, 0.05) is 0 Å². The molecule has 0 aromatic heterocycles. The number of benzene rings is 2. The molecule has 0 bridgehead atoms. The normalized spacial score (nSPS) is 22.8. The molecule has 2 aromatic rings. The summed E-state index contributed by atoms with van der Waals surface area (Å²) in [4.78, 5) is 13.4. The molecule has 2 aromatic carbocycles. The number of methoxy groups -OCH3 is 1. The molecule has 0 amide bonds. The summed E-state index contributed by atoms with van der Waals surface area (Å²) < 4.78 is 25.6. The van der Waals surface area contributed by atoms with E-state index in [1.165, 1.54) is 0 Å². The minimum atomic E-state index is -1.45. The van der Waals surface area contributed by atoms with E-state index < -0.39 is 22.6 Å². The maximum absolute atomic E-state index is 13.1. The first-order valence-corrected chi connectivity index (χ1v) is 9.95. The molecule has 6 heteroatoms. The molecule has 2 unspecified atom stereocenters. The highest BCUT2D eigenvalue weighted by atomic mass is 32.2. The highest BCUT2D eigenvalue weighted by molar-refractivity contribution is 7.83. The van der Waals surface area contributed by atoms with Crippen molar-refractivity contribution in [2.24, 2.45) is 0 Å². The Balaban J connectivity index is 1.88. The van der Waals surface area contributed by atoms with Gasteiger partial charge in [-0.3, -0.25) is 4.79 Å². The lowest BCUT2D eigenvalue weighted by Gasteiger charge is -2.19. The number of rotatable bonds is 5. The van der Waals surface area contributed by atoms with Crippen LogP contribution in [0.15, 0.2) is 53.4 Å². The first-order chi connectivity index (χ1) is 12.7. The summed E-state index contributed by atoms with van der Waals surface area (Å²) in [7, 11) is 0.158. The summed E-state index contributed by atoms with van der Waals surface area (Å²) >= 11 is 0. The van der Waals surface area contributed by atoms with Crippen molar-refractivity contribution in [1.29, 1.82) is 0 Å². The smallest absolute Gasteiger partial charge is 0.326 e. The van der Waals surface area contributed by atoms with Crippen LogP contribution < -0.4 is 4.74 Å². The first kappa shape index (κ1) is 19.6. The topological polar surface area (TPSA) is 55.6 Å². The summed E-state index contributed by atoms with van der Waals surface area (Å²) in [6.07, 6.45) is 0. The highest BCUT2D eigenvalue weighted by Gasteiger charge is 2.58. The molecule has 1 heterocycles. The maximum atomic E-state index is 13.1. The summed E-state index contributed by atoms with van der Waals surface area (Å²) in [6.45, 7) is 7.47. The zero-order chi connectivity index (χ0) is 19.8. The summed E-state index contributed by atoms with van der Waals surface area (Å²) in [5.74, 6) is 0.378. The van der Waals surface area contributed by atoms with Crippen LogP contribution in [0.5, 0.6) is 5.75 Å². The Morgan fingerprint density at radius 2 is 1.63 bits per heavy atom. The van der Waals surface area contributed by atoms with E-state index in [0.29, 0.717) is 4.90 Å². The molecule has 4 atom stereocenters. The lowest BCUT2D eigenvalue weighted by atomic mass is 10.1. The number of hydrogen-bond donors (Lipinski definition) is 0. The predicted molar refractivity (Wildman–Crippen MR) is 105 cm³/mol. The van der Waals surface area contributed by atoms with Crippen molar-refractivity contribution in [3.63, 3.8) is 0 Å². The quantitative estimate of drug-likeness (QED) is 0.579. The second kappa shape index (κ2) is 7.44. The van der Waals surface area contributed by atoms with Gasteiger partial charge in [0.1, 0.15) is 28.4 Å². The standard InChI is InChI=1S/C21H25NO4S/c1-14-6-12-17(13-7-14)27(24)22-18(15-8-10-16(25-5)11-9-15)19(22)20(23)26-21(2,3)4/h6-13,18-19H,1-5H3/t18-,19-,22?,27?/m0/s1. The number of esters is 1. The number of nitrogens with zero attached hydrogens (tertiary/aromatic N) is 1. The molecule has 1 aliphatic heterocycles. The minimum Gasteiger partial charge on any atom is -0.497 e. The van der Waals surface area contributed by atoms with Crippen LogP contribution in [-0.2, 0) is 20.5 Å². The highest BCUT2D eigenvalue weighted by Crippen LogP contribution is 2.47. The van der Waals surface area contributed by atoms with E-state index in [9.17, 15) is 9.00 Å². The lowest BCUT2D eigenvalue weighted by Crippen LogP contribution is -2.28. The average molecular weight is 388 g/mol. The van der Waals surface area contributed by atoms with Gasteiger partial charge in [0.15, 0.2) is 0 Å². The van der Waals surface area contributed by atoms with Crippen molar-refractivity contribution in [3.8, 4) is 5.75 Å². The Morgan fingerprint density at radius 3 is 2.15 bits per heavy atom. The second-order valence-electron chi connectivity index (χ2n) is 7.62. The fourth-order valence-electron chi connectivity index (χ4n) is 2.92. The minimum absolute atomic E-state index is 0.284. The molecule has 1 fully saturated rings. The lowest BCUT2D eigenvalue weighted by molar-refractivity contribution is -0.154. The van der Waals surface area contributed by atoms with Crippen molar-refractivity contribution < 1.29 is 18.5 Å². The fourth-order valence-corrected chi connectivity index (χ4v) is 4.33. The molecule has 0 saturated carbocycles. The van der Waals surface area contributed by atoms with Crippen LogP contribution in [-0.4, -0.2) is 33.2 Å². The van der Waals surface area contributed by atoms with Crippen LogP contribution >= 0.6 is 0 Å². The van der Waals surface area contributed by atoms with Gasteiger partial charge in [0.05, 0.1) is 18.0 Å². The van der Waals surface area contributed by atoms with Crippen LogP contribution in [0.25, 0.3) is 0 Å². The van der Waals surface area contributed by atoms with Crippen molar-refractivity contribution >= 4 is 17.0 Å². The molecule has 3 rings (SSSR count). The zero-order valence-electron chi connectivity index (χ0n) is 16.3. The van der Waals surface area contributed by atoms with Gasteiger partial charge in [-0.15, -0.1) is 0 Å². The van der Waals surface area contributed by atoms with Crippen LogP contribution in [0.3, 0.4) is 0 Å². The molecule has 1 aliphatic rings. The molecular formula is C21H25NO4S. The molecule has 0 aliphatic carbocycles. The SMILES string of the molecule is COc1ccc([C@H]2[C@@H](C(=O)OC(C)(C)C)N2S(=O)c2ccc(C)cc2)cc1. The number of carbonyl (C=O) groups excluding carboxylic acids is 1. The van der Waals surface area contributed by atoms with Crippen LogP contribution in [0.4, 0.5) is 0 Å². The number of aryl methyl sites for hydroxylation is 1. The van der Waals surface area contributed by atoms with E-state index in [1.807, 2.05) is 76.2 Å². The second-order valence-corrected chi connectivity index (χ2v) is 9.01. The zero-order valence-corrected chi connectivity index (χ0v) is 17.1. The molecule has 0 spiro atoms. The van der Waals surface area contributed by atoms with E-state index in [-0.39, 0.29) is 12.0 Å². The van der Waals surface area contributed by atoms with Crippen molar-refractivity contribution in [2.75, 3.05) is 7.11 Å². The Hall–Kier alpha value is -2.18. The van der Waals surface area contributed by atoms with Crippen LogP contribution in [0.1, 0.15) is 37.9 Å². The number of ether oxygens (including phenoxy) is 2.